The Balaban J connectivity index is 2.03. The molecule has 3 nitrogen and oxygen atoms in total. The lowest BCUT2D eigenvalue weighted by molar-refractivity contribution is 0.137. The van der Waals surface area contributed by atoms with Gasteiger partial charge in [0.2, 0.25) is 0 Å². The van der Waals surface area contributed by atoms with Crippen molar-refractivity contribution >= 4 is 6.09 Å². The van der Waals surface area contributed by atoms with Gasteiger partial charge < -0.3 is 10.1 Å². The van der Waals surface area contributed by atoms with Crippen molar-refractivity contribution in [2.75, 3.05) is 13.2 Å². The molecule has 0 heterocycles. The van der Waals surface area contributed by atoms with E-state index in [9.17, 15) is 4.79 Å². The quantitative estimate of drug-likeness (QED) is 0.731. The largest absolute Gasteiger partial charge is 0.449 e. The third kappa shape index (κ3) is 5.50. The minimum absolute atomic E-state index is 0.124. The number of carbonyl (C=O) groups excluding carboxylic acids is 1. The molecule has 76 valence electrons. The third-order valence-corrected chi connectivity index (χ3v) is 1.91. The molecule has 1 fully saturated rings. The molecule has 0 aromatic carbocycles. The Labute approximate surface area is 79.8 Å². The van der Waals surface area contributed by atoms with E-state index in [1.54, 1.807) is 0 Å². The summed E-state index contributed by atoms with van der Waals surface area (Å²) in [6.45, 7) is 7.49. The summed E-state index contributed by atoms with van der Waals surface area (Å²) in [7, 11) is 0. The minimum atomic E-state index is -0.276. The Kier molecular flexibility index (Phi) is 3.17. The van der Waals surface area contributed by atoms with Crippen molar-refractivity contribution in [2.24, 2.45) is 11.3 Å². The Hall–Kier alpha value is -0.730. The number of carbonyl (C=O) groups is 1. The molecule has 0 spiro atoms. The van der Waals surface area contributed by atoms with Crippen molar-refractivity contribution in [3.05, 3.63) is 0 Å². The molecule has 0 bridgehead atoms. The molecule has 1 aliphatic rings. The van der Waals surface area contributed by atoms with Gasteiger partial charge in [0.05, 0.1) is 6.61 Å². The normalized spacial score (nSPS) is 16.8. The average Bonchev–Trinajstić information content (AvgIpc) is 2.78. The van der Waals surface area contributed by atoms with Crippen molar-refractivity contribution in [2.45, 2.75) is 33.6 Å². The molecule has 0 aromatic rings. The third-order valence-electron chi connectivity index (χ3n) is 1.91. The molecule has 0 radical (unpaired) electrons. The highest BCUT2D eigenvalue weighted by atomic mass is 16.5. The first-order valence-corrected chi connectivity index (χ1v) is 4.88. The summed E-state index contributed by atoms with van der Waals surface area (Å²) in [5.41, 5.74) is 0.124. The van der Waals surface area contributed by atoms with Crippen LogP contribution in [0.5, 0.6) is 0 Å². The molecule has 0 atom stereocenters. The lowest BCUT2D eigenvalue weighted by Gasteiger charge is -2.18. The van der Waals surface area contributed by atoms with Crippen LogP contribution in [-0.2, 0) is 4.74 Å². The van der Waals surface area contributed by atoms with Crippen LogP contribution in [0.1, 0.15) is 33.6 Å². The van der Waals surface area contributed by atoms with Crippen molar-refractivity contribution in [3.63, 3.8) is 0 Å². The van der Waals surface area contributed by atoms with Crippen molar-refractivity contribution in [1.29, 1.82) is 0 Å². The number of rotatable bonds is 3. The fraction of sp³-hybridized carbons (Fsp3) is 0.900. The van der Waals surface area contributed by atoms with E-state index in [-0.39, 0.29) is 11.5 Å². The van der Waals surface area contributed by atoms with Crippen LogP contribution in [-0.4, -0.2) is 19.2 Å². The Bertz CT molecular complexity index is 180. The lowest BCUT2D eigenvalue weighted by atomic mass is 9.97. The smallest absolute Gasteiger partial charge is 0.407 e. The molecule has 0 aromatic heterocycles. The second-order valence-corrected chi connectivity index (χ2v) is 4.96. The van der Waals surface area contributed by atoms with Gasteiger partial charge in [-0.05, 0) is 24.2 Å². The average molecular weight is 185 g/mol. The molecule has 1 rings (SSSR count). The minimum Gasteiger partial charge on any atom is -0.449 e. The molecule has 1 aliphatic carbocycles. The van der Waals surface area contributed by atoms with Gasteiger partial charge in [-0.15, -0.1) is 0 Å². The van der Waals surface area contributed by atoms with Crippen molar-refractivity contribution in [1.82, 2.24) is 5.32 Å². The van der Waals surface area contributed by atoms with Crippen LogP contribution >= 0.6 is 0 Å². The van der Waals surface area contributed by atoms with Crippen molar-refractivity contribution < 1.29 is 9.53 Å². The molecule has 1 N–H and O–H groups in total. The van der Waals surface area contributed by atoms with E-state index in [4.69, 9.17) is 4.74 Å². The predicted octanol–water partition coefficient (Wildman–Crippen LogP) is 2.17. The maximum absolute atomic E-state index is 11.1. The lowest BCUT2D eigenvalue weighted by Crippen LogP contribution is -2.33. The number of alkyl carbamates (subject to hydrolysis) is 1. The molecule has 0 saturated heterocycles. The fourth-order valence-electron chi connectivity index (χ4n) is 0.866. The van der Waals surface area contributed by atoms with E-state index in [0.717, 1.165) is 0 Å². The molecular weight excluding hydrogens is 166 g/mol. The molecule has 0 aliphatic heterocycles. The Morgan fingerprint density at radius 2 is 2.08 bits per heavy atom. The first kappa shape index (κ1) is 10.4. The molecule has 0 unspecified atom stereocenters. The van der Waals surface area contributed by atoms with Crippen LogP contribution in [0.4, 0.5) is 4.79 Å². The second kappa shape index (κ2) is 3.99. The van der Waals surface area contributed by atoms with Crippen LogP contribution in [0.15, 0.2) is 0 Å². The second-order valence-electron chi connectivity index (χ2n) is 4.96. The first-order chi connectivity index (χ1) is 5.97. The molecule has 1 amide bonds. The number of hydrogen-bond donors (Lipinski definition) is 1. The topological polar surface area (TPSA) is 38.3 Å². The summed E-state index contributed by atoms with van der Waals surface area (Å²) in [6, 6.07) is 0. The van der Waals surface area contributed by atoms with Gasteiger partial charge >= 0.3 is 6.09 Å². The van der Waals surface area contributed by atoms with Gasteiger partial charge in [-0.25, -0.2) is 4.79 Å². The Morgan fingerprint density at radius 1 is 1.46 bits per heavy atom. The van der Waals surface area contributed by atoms with Crippen LogP contribution in [0.2, 0.25) is 0 Å². The Morgan fingerprint density at radius 3 is 2.54 bits per heavy atom. The summed E-state index contributed by atoms with van der Waals surface area (Å²) >= 11 is 0. The number of nitrogens with one attached hydrogen (secondary N) is 1. The van der Waals surface area contributed by atoms with Gasteiger partial charge in [-0.1, -0.05) is 20.8 Å². The highest BCUT2D eigenvalue weighted by molar-refractivity contribution is 5.67. The first-order valence-electron chi connectivity index (χ1n) is 4.88. The van der Waals surface area contributed by atoms with Gasteiger partial charge in [-0.2, -0.15) is 0 Å². The van der Waals surface area contributed by atoms with Gasteiger partial charge in [0, 0.05) is 6.54 Å². The summed E-state index contributed by atoms with van der Waals surface area (Å²) in [5, 5.41) is 2.74. The maximum atomic E-state index is 11.1. The maximum Gasteiger partial charge on any atom is 0.407 e. The van der Waals surface area contributed by atoms with E-state index >= 15 is 0 Å². The number of amides is 1. The fourth-order valence-corrected chi connectivity index (χ4v) is 0.866. The van der Waals surface area contributed by atoms with Gasteiger partial charge in [0.15, 0.2) is 0 Å². The van der Waals surface area contributed by atoms with Gasteiger partial charge in [-0.3, -0.25) is 0 Å². The number of hydrogen-bond acceptors (Lipinski definition) is 2. The SMILES string of the molecule is CC(C)(C)CNC(=O)OCC1CC1. The molecule has 13 heavy (non-hydrogen) atoms. The zero-order chi connectivity index (χ0) is 9.90. The van der Waals surface area contributed by atoms with Crippen LogP contribution in [0, 0.1) is 11.3 Å². The molecule has 3 heteroatoms. The highest BCUT2D eigenvalue weighted by Crippen LogP contribution is 2.28. The summed E-state index contributed by atoms with van der Waals surface area (Å²) in [6.07, 6.45) is 2.15. The van der Waals surface area contributed by atoms with E-state index in [1.807, 2.05) is 0 Å². The van der Waals surface area contributed by atoms with Crippen LogP contribution in [0.25, 0.3) is 0 Å². The van der Waals surface area contributed by atoms with E-state index < -0.39 is 0 Å². The summed E-state index contributed by atoms with van der Waals surface area (Å²) in [4.78, 5) is 11.1. The zero-order valence-electron chi connectivity index (χ0n) is 8.72. The predicted molar refractivity (Wildman–Crippen MR) is 51.5 cm³/mol. The van der Waals surface area contributed by atoms with E-state index in [1.165, 1.54) is 12.8 Å². The number of ether oxygens (including phenoxy) is 1. The highest BCUT2D eigenvalue weighted by Gasteiger charge is 2.23. The van der Waals surface area contributed by atoms with Gasteiger partial charge in [0.1, 0.15) is 0 Å². The van der Waals surface area contributed by atoms with E-state index in [2.05, 4.69) is 26.1 Å². The monoisotopic (exact) mass is 185 g/mol. The summed E-state index contributed by atoms with van der Waals surface area (Å²) < 4.78 is 5.01. The van der Waals surface area contributed by atoms with E-state index in [0.29, 0.717) is 19.1 Å². The van der Waals surface area contributed by atoms with Crippen LogP contribution < -0.4 is 5.32 Å². The summed E-state index contributed by atoms with van der Waals surface area (Å²) in [5.74, 6) is 0.639. The van der Waals surface area contributed by atoms with Crippen LogP contribution in [0.3, 0.4) is 0 Å². The van der Waals surface area contributed by atoms with Crippen molar-refractivity contribution in [3.8, 4) is 0 Å². The molecular formula is C10H19NO2. The standard InChI is InChI=1S/C10H19NO2/c1-10(2,3)7-11-9(12)13-6-8-4-5-8/h8H,4-7H2,1-3H3,(H,11,12). The molecule has 1 saturated carbocycles. The van der Waals surface area contributed by atoms with Gasteiger partial charge in [0.25, 0.3) is 0 Å². The zero-order valence-corrected chi connectivity index (χ0v) is 8.72.